The van der Waals surface area contributed by atoms with Gasteiger partial charge in [0.25, 0.3) is 0 Å². The summed E-state index contributed by atoms with van der Waals surface area (Å²) in [6.45, 7) is 4.07. The summed E-state index contributed by atoms with van der Waals surface area (Å²) in [6, 6.07) is 8.57. The van der Waals surface area contributed by atoms with Crippen LogP contribution in [0.3, 0.4) is 0 Å². The van der Waals surface area contributed by atoms with Crippen molar-refractivity contribution >= 4 is 17.8 Å². The van der Waals surface area contributed by atoms with E-state index in [4.69, 9.17) is 4.74 Å². The molecule has 0 aliphatic carbocycles. The summed E-state index contributed by atoms with van der Waals surface area (Å²) in [5.41, 5.74) is 2.40. The number of methoxy groups -OCH3 is 1. The molecule has 7 nitrogen and oxygen atoms in total. The molecule has 0 unspecified atom stereocenters. The number of piperidine rings is 2. The van der Waals surface area contributed by atoms with Crippen LogP contribution in [0.4, 0.5) is 15.3 Å². The van der Waals surface area contributed by atoms with Crippen LogP contribution >= 0.6 is 0 Å². The van der Waals surface area contributed by atoms with Gasteiger partial charge in [0.05, 0.1) is 7.11 Å². The van der Waals surface area contributed by atoms with E-state index >= 15 is 0 Å². The van der Waals surface area contributed by atoms with Gasteiger partial charge in [-0.05, 0) is 49.8 Å². The van der Waals surface area contributed by atoms with Crippen LogP contribution in [0, 0.1) is 0 Å². The summed E-state index contributed by atoms with van der Waals surface area (Å²) < 4.78 is 4.75. The number of nitrogens with zero attached hydrogens (tertiary/aromatic N) is 3. The van der Waals surface area contributed by atoms with Crippen molar-refractivity contribution < 1.29 is 14.3 Å². The summed E-state index contributed by atoms with van der Waals surface area (Å²) in [5.74, 6) is 0. The summed E-state index contributed by atoms with van der Waals surface area (Å²) in [7, 11) is 3.21. The average Bonchev–Trinajstić information content (AvgIpc) is 2.75. The molecular formula is C21H32N4O3. The third-order valence-electron chi connectivity index (χ3n) is 5.68. The quantitative estimate of drug-likeness (QED) is 0.861. The first kappa shape index (κ1) is 20.3. The Bertz CT molecular complexity index is 650. The Morgan fingerprint density at radius 3 is 2.32 bits per heavy atom. The van der Waals surface area contributed by atoms with Crippen LogP contribution in [0.5, 0.6) is 0 Å². The van der Waals surface area contributed by atoms with Crippen molar-refractivity contribution in [1.29, 1.82) is 0 Å². The predicted molar refractivity (Wildman–Crippen MR) is 110 cm³/mol. The van der Waals surface area contributed by atoms with E-state index in [1.54, 1.807) is 9.80 Å². The Morgan fingerprint density at radius 1 is 1.07 bits per heavy atom. The molecule has 0 aromatic heterocycles. The molecule has 0 bridgehead atoms. The lowest BCUT2D eigenvalue weighted by Crippen LogP contribution is -2.49. The van der Waals surface area contributed by atoms with E-state index in [0.717, 1.165) is 31.5 Å². The minimum atomic E-state index is -0.296. The van der Waals surface area contributed by atoms with Crippen LogP contribution in [0.15, 0.2) is 24.3 Å². The van der Waals surface area contributed by atoms with Crippen molar-refractivity contribution in [2.24, 2.45) is 0 Å². The van der Waals surface area contributed by atoms with Gasteiger partial charge in [0.15, 0.2) is 0 Å². The molecule has 3 rings (SSSR count). The lowest BCUT2D eigenvalue weighted by Gasteiger charge is -2.32. The fraction of sp³-hybridized carbons (Fsp3) is 0.619. The largest absolute Gasteiger partial charge is 0.453 e. The highest BCUT2D eigenvalue weighted by molar-refractivity contribution is 5.74. The van der Waals surface area contributed by atoms with E-state index in [9.17, 15) is 9.59 Å². The standard InChI is InChI=1S/C21H32N4O3/c1-23(20(26)22-18-10-14-25(15-11-18)21(27)28-2)16-17-6-8-19(9-7-17)24-12-4-3-5-13-24/h6-9,18H,3-5,10-16H2,1-2H3,(H,22,26). The minimum absolute atomic E-state index is 0.0726. The average molecular weight is 389 g/mol. The van der Waals surface area contributed by atoms with Crippen LogP contribution in [0.1, 0.15) is 37.7 Å². The molecule has 0 radical (unpaired) electrons. The van der Waals surface area contributed by atoms with Crippen LogP contribution in [0.2, 0.25) is 0 Å². The highest BCUT2D eigenvalue weighted by Crippen LogP contribution is 2.20. The first-order chi connectivity index (χ1) is 13.6. The molecule has 0 saturated carbocycles. The molecule has 1 aromatic carbocycles. The smallest absolute Gasteiger partial charge is 0.409 e. The molecule has 2 fully saturated rings. The Kier molecular flexibility index (Phi) is 7.01. The molecule has 154 valence electrons. The maximum atomic E-state index is 12.5. The normalized spacial score (nSPS) is 17.9. The molecule has 3 amide bonds. The maximum absolute atomic E-state index is 12.5. The minimum Gasteiger partial charge on any atom is -0.453 e. The number of benzene rings is 1. The zero-order chi connectivity index (χ0) is 19.9. The van der Waals surface area contributed by atoms with Crippen LogP contribution in [-0.2, 0) is 11.3 Å². The third-order valence-corrected chi connectivity index (χ3v) is 5.68. The SMILES string of the molecule is COC(=O)N1CCC(NC(=O)N(C)Cc2ccc(N3CCCCC3)cc2)CC1. The molecule has 1 aromatic rings. The van der Waals surface area contributed by atoms with E-state index in [1.165, 1.54) is 32.1 Å². The van der Waals surface area contributed by atoms with Gasteiger partial charge in [0.1, 0.15) is 0 Å². The van der Waals surface area contributed by atoms with E-state index in [2.05, 4.69) is 34.5 Å². The van der Waals surface area contributed by atoms with Gasteiger partial charge in [0, 0.05) is 51.5 Å². The van der Waals surface area contributed by atoms with Crippen LogP contribution in [0.25, 0.3) is 0 Å². The van der Waals surface area contributed by atoms with Crippen molar-refractivity contribution in [2.75, 3.05) is 45.2 Å². The second kappa shape index (κ2) is 9.66. The Balaban J connectivity index is 1.44. The topological polar surface area (TPSA) is 65.1 Å². The number of anilines is 1. The third kappa shape index (κ3) is 5.30. The Hall–Kier alpha value is -2.44. The molecule has 1 N–H and O–H groups in total. The number of amides is 3. The Morgan fingerprint density at radius 2 is 1.71 bits per heavy atom. The molecule has 2 saturated heterocycles. The molecular weight excluding hydrogens is 356 g/mol. The highest BCUT2D eigenvalue weighted by atomic mass is 16.5. The summed E-state index contributed by atoms with van der Waals surface area (Å²) >= 11 is 0. The maximum Gasteiger partial charge on any atom is 0.409 e. The van der Waals surface area contributed by atoms with Crippen LogP contribution < -0.4 is 10.2 Å². The summed E-state index contributed by atoms with van der Waals surface area (Å²) in [5, 5.41) is 3.08. The number of carbonyl (C=O) groups is 2. The van der Waals surface area contributed by atoms with Gasteiger partial charge in [0.2, 0.25) is 0 Å². The molecule has 2 aliphatic heterocycles. The predicted octanol–water partition coefficient (Wildman–Crippen LogP) is 3.05. The van der Waals surface area contributed by atoms with Crippen molar-refractivity contribution in [3.8, 4) is 0 Å². The zero-order valence-corrected chi connectivity index (χ0v) is 17.0. The van der Waals surface area contributed by atoms with Crippen molar-refractivity contribution in [3.63, 3.8) is 0 Å². The number of rotatable bonds is 4. The number of likely N-dealkylation sites (tertiary alicyclic amines) is 1. The van der Waals surface area contributed by atoms with Crippen molar-refractivity contribution in [2.45, 2.75) is 44.7 Å². The first-order valence-corrected chi connectivity index (χ1v) is 10.2. The first-order valence-electron chi connectivity index (χ1n) is 10.2. The van der Waals surface area contributed by atoms with Gasteiger partial charge in [-0.25, -0.2) is 9.59 Å². The molecule has 2 aliphatic rings. The molecule has 28 heavy (non-hydrogen) atoms. The fourth-order valence-electron chi connectivity index (χ4n) is 3.93. The van der Waals surface area contributed by atoms with E-state index < -0.39 is 0 Å². The number of carbonyl (C=O) groups excluding carboxylic acids is 2. The van der Waals surface area contributed by atoms with E-state index in [0.29, 0.717) is 19.6 Å². The molecule has 0 atom stereocenters. The lowest BCUT2D eigenvalue weighted by atomic mass is 10.1. The fourth-order valence-corrected chi connectivity index (χ4v) is 3.93. The second-order valence-electron chi connectivity index (χ2n) is 7.75. The molecule has 7 heteroatoms. The monoisotopic (exact) mass is 388 g/mol. The van der Waals surface area contributed by atoms with Gasteiger partial charge in [-0.2, -0.15) is 0 Å². The van der Waals surface area contributed by atoms with Gasteiger partial charge < -0.3 is 24.8 Å². The van der Waals surface area contributed by atoms with Gasteiger partial charge in [-0.1, -0.05) is 12.1 Å². The molecule has 0 spiro atoms. The molecule has 2 heterocycles. The summed E-state index contributed by atoms with van der Waals surface area (Å²) in [4.78, 5) is 29.9. The number of ether oxygens (including phenoxy) is 1. The van der Waals surface area contributed by atoms with Crippen molar-refractivity contribution in [3.05, 3.63) is 29.8 Å². The number of urea groups is 1. The number of hydrogen-bond acceptors (Lipinski definition) is 4. The van der Waals surface area contributed by atoms with E-state index in [-0.39, 0.29) is 18.2 Å². The second-order valence-corrected chi connectivity index (χ2v) is 7.75. The van der Waals surface area contributed by atoms with Gasteiger partial charge in [-0.15, -0.1) is 0 Å². The number of nitrogens with one attached hydrogen (secondary N) is 1. The van der Waals surface area contributed by atoms with Crippen LogP contribution in [-0.4, -0.2) is 68.3 Å². The van der Waals surface area contributed by atoms with Gasteiger partial charge >= 0.3 is 12.1 Å². The number of hydrogen-bond donors (Lipinski definition) is 1. The summed E-state index contributed by atoms with van der Waals surface area (Å²) in [6.07, 6.45) is 5.07. The lowest BCUT2D eigenvalue weighted by molar-refractivity contribution is 0.109. The van der Waals surface area contributed by atoms with E-state index in [1.807, 2.05) is 7.05 Å². The zero-order valence-electron chi connectivity index (χ0n) is 17.0. The Labute approximate surface area is 167 Å². The van der Waals surface area contributed by atoms with Crippen molar-refractivity contribution in [1.82, 2.24) is 15.1 Å². The van der Waals surface area contributed by atoms with Gasteiger partial charge in [-0.3, -0.25) is 0 Å². The highest BCUT2D eigenvalue weighted by Gasteiger charge is 2.25.